The number of aryl methyl sites for hydroxylation is 4. The van der Waals surface area contributed by atoms with Gasteiger partial charge < -0.3 is 13.6 Å². The standard InChI is InChI=1S/C50H56O3P2Si/c1-37(2)56(38(3)4,39(5)6)53-36-44-34-43-30-28-40-27-29-41(49(33-40)54(51,45-19-11-7-12-20-45)46-21-13-8-14-22-46)31-32-42(44)35-50(43)55(52,47-23-15-9-16-24-47)48-25-17-10-18-26-48/h7-27,29,33-35,37-39H,28,30-32,36H2,1-6H3. The molecule has 10 rings (SSSR count). The normalized spacial score (nSPS) is 13.7. The monoisotopic (exact) mass is 794 g/mol. The Morgan fingerprint density at radius 2 is 0.857 bits per heavy atom. The Kier molecular flexibility index (Phi) is 12.1. The zero-order valence-electron chi connectivity index (χ0n) is 33.8. The minimum absolute atomic E-state index is 0.456. The molecule has 288 valence electrons. The molecule has 0 spiro atoms. The van der Waals surface area contributed by atoms with Gasteiger partial charge in [-0.25, -0.2) is 0 Å². The molecule has 6 heteroatoms. The molecule has 6 aromatic rings. The van der Waals surface area contributed by atoms with Gasteiger partial charge in [0.2, 0.25) is 8.32 Å². The molecule has 0 aliphatic heterocycles. The van der Waals surface area contributed by atoms with Crippen LogP contribution in [0.2, 0.25) is 16.6 Å². The van der Waals surface area contributed by atoms with Crippen molar-refractivity contribution >= 4 is 54.4 Å². The van der Waals surface area contributed by atoms with E-state index in [2.05, 4.69) is 71.9 Å². The molecule has 4 aliphatic rings. The summed E-state index contributed by atoms with van der Waals surface area (Å²) in [6.45, 7) is 14.6. The fraction of sp³-hybridized carbons (Fsp3) is 0.280. The van der Waals surface area contributed by atoms with Gasteiger partial charge in [-0.1, -0.05) is 181 Å². The second-order valence-electron chi connectivity index (χ2n) is 16.4. The van der Waals surface area contributed by atoms with Gasteiger partial charge in [0, 0.05) is 31.8 Å². The van der Waals surface area contributed by atoms with Crippen LogP contribution in [-0.2, 0) is 45.8 Å². The Morgan fingerprint density at radius 3 is 1.29 bits per heavy atom. The number of benzene rings is 6. The second-order valence-corrected chi connectivity index (χ2v) is 27.3. The Hall–Kier alpha value is -4.04. The van der Waals surface area contributed by atoms with Crippen molar-refractivity contribution in [1.82, 2.24) is 0 Å². The van der Waals surface area contributed by atoms with Crippen LogP contribution < -0.4 is 31.8 Å². The molecule has 3 nitrogen and oxygen atoms in total. The van der Waals surface area contributed by atoms with Crippen LogP contribution >= 0.6 is 14.3 Å². The van der Waals surface area contributed by atoms with E-state index in [0.29, 0.717) is 42.5 Å². The molecule has 6 aromatic carbocycles. The minimum atomic E-state index is -3.28. The SMILES string of the molecule is CC(C)[Si](OCc1cc2c(P(=O)(c3ccccc3)c3ccccc3)cc1CCc1ccc(cc1P(=O)(c1ccccc1)c1ccccc1)CC2)(C(C)C)C(C)C. The lowest BCUT2D eigenvalue weighted by Gasteiger charge is -2.42. The Labute approximate surface area is 336 Å². The van der Waals surface area contributed by atoms with Crippen molar-refractivity contribution in [3.8, 4) is 0 Å². The molecule has 0 saturated carbocycles. The van der Waals surface area contributed by atoms with E-state index in [1.165, 1.54) is 5.56 Å². The molecule has 0 aromatic heterocycles. The molecule has 4 bridgehead atoms. The van der Waals surface area contributed by atoms with Crippen LogP contribution in [0.5, 0.6) is 0 Å². The third kappa shape index (κ3) is 7.43. The van der Waals surface area contributed by atoms with E-state index in [1.807, 2.05) is 121 Å². The Bertz CT molecular complexity index is 2250. The van der Waals surface area contributed by atoms with Crippen molar-refractivity contribution in [3.05, 3.63) is 179 Å². The summed E-state index contributed by atoms with van der Waals surface area (Å²) in [4.78, 5) is 0. The second kappa shape index (κ2) is 16.8. The van der Waals surface area contributed by atoms with Gasteiger partial charge in [0.25, 0.3) is 0 Å². The molecule has 0 atom stereocenters. The molecule has 0 N–H and O–H groups in total. The van der Waals surface area contributed by atoms with Crippen LogP contribution in [0.1, 0.15) is 69.4 Å². The summed E-state index contributed by atoms with van der Waals surface area (Å²) in [5, 5.41) is 5.23. The van der Waals surface area contributed by atoms with E-state index in [4.69, 9.17) is 4.43 Å². The first-order valence-electron chi connectivity index (χ1n) is 20.3. The van der Waals surface area contributed by atoms with Crippen LogP contribution in [-0.4, -0.2) is 8.32 Å². The molecule has 0 fully saturated rings. The zero-order chi connectivity index (χ0) is 39.5. The molecule has 0 saturated heterocycles. The summed E-state index contributed by atoms with van der Waals surface area (Å²) in [6.07, 6.45) is 2.79. The van der Waals surface area contributed by atoms with Gasteiger partial charge in [-0.2, -0.15) is 0 Å². The molecule has 56 heavy (non-hydrogen) atoms. The third-order valence-electron chi connectivity index (χ3n) is 12.2. The van der Waals surface area contributed by atoms with Crippen molar-refractivity contribution in [3.63, 3.8) is 0 Å². The average Bonchev–Trinajstić information content (AvgIpc) is 3.22. The molecule has 0 radical (unpaired) electrons. The predicted molar refractivity (Wildman–Crippen MR) is 242 cm³/mol. The maximum absolute atomic E-state index is 16.1. The average molecular weight is 795 g/mol. The maximum atomic E-state index is 16.1. The lowest BCUT2D eigenvalue weighted by atomic mass is 9.93. The van der Waals surface area contributed by atoms with Gasteiger partial charge in [0.15, 0.2) is 14.3 Å². The maximum Gasteiger partial charge on any atom is 0.200 e. The summed E-state index contributed by atoms with van der Waals surface area (Å²) in [6, 6.07) is 51.4. The van der Waals surface area contributed by atoms with E-state index in [9.17, 15) is 0 Å². The highest BCUT2D eigenvalue weighted by Crippen LogP contribution is 2.47. The first-order valence-corrected chi connectivity index (χ1v) is 25.9. The van der Waals surface area contributed by atoms with Crippen LogP contribution in [0.3, 0.4) is 0 Å². The Balaban J connectivity index is 1.43. The van der Waals surface area contributed by atoms with Crippen molar-refractivity contribution in [2.45, 2.75) is 90.5 Å². The number of rotatable bonds is 12. The highest BCUT2D eigenvalue weighted by molar-refractivity contribution is 7.85. The molecular weight excluding hydrogens is 739 g/mol. The van der Waals surface area contributed by atoms with Gasteiger partial charge in [-0.15, -0.1) is 0 Å². The van der Waals surface area contributed by atoms with Gasteiger partial charge in [0.1, 0.15) is 0 Å². The molecule has 0 heterocycles. The molecule has 0 unspecified atom stereocenters. The fourth-order valence-electron chi connectivity index (χ4n) is 9.51. The summed E-state index contributed by atoms with van der Waals surface area (Å²) >= 11 is 0. The van der Waals surface area contributed by atoms with Crippen molar-refractivity contribution in [2.75, 3.05) is 0 Å². The van der Waals surface area contributed by atoms with Gasteiger partial charge in [-0.05, 0) is 82.3 Å². The topological polar surface area (TPSA) is 43.4 Å². The third-order valence-corrected chi connectivity index (χ3v) is 24.6. The highest BCUT2D eigenvalue weighted by atomic mass is 31.2. The fourth-order valence-corrected chi connectivity index (χ4v) is 20.9. The van der Waals surface area contributed by atoms with Gasteiger partial charge in [0.05, 0.1) is 6.61 Å². The summed E-state index contributed by atoms with van der Waals surface area (Å²) < 4.78 is 39.3. The van der Waals surface area contributed by atoms with E-state index < -0.39 is 22.6 Å². The zero-order valence-corrected chi connectivity index (χ0v) is 36.6. The number of hydrogen-bond acceptors (Lipinski definition) is 3. The van der Waals surface area contributed by atoms with E-state index in [0.717, 1.165) is 60.5 Å². The minimum Gasteiger partial charge on any atom is -0.412 e. The van der Waals surface area contributed by atoms with E-state index >= 15 is 9.13 Å². The summed E-state index contributed by atoms with van der Waals surface area (Å²) in [5.41, 5.74) is 7.01. The van der Waals surface area contributed by atoms with E-state index in [1.54, 1.807) is 0 Å². The van der Waals surface area contributed by atoms with Crippen molar-refractivity contribution < 1.29 is 13.6 Å². The Morgan fingerprint density at radius 1 is 0.464 bits per heavy atom. The van der Waals surface area contributed by atoms with Gasteiger partial charge in [-0.3, -0.25) is 0 Å². The van der Waals surface area contributed by atoms with Crippen LogP contribution in [0.25, 0.3) is 0 Å². The summed E-state index contributed by atoms with van der Waals surface area (Å²) in [5.74, 6) is 0. The number of hydrogen-bond donors (Lipinski definition) is 0. The lowest BCUT2D eigenvalue weighted by molar-refractivity contribution is 0.265. The first kappa shape index (κ1) is 40.2. The van der Waals surface area contributed by atoms with Crippen molar-refractivity contribution in [2.24, 2.45) is 0 Å². The van der Waals surface area contributed by atoms with Gasteiger partial charge >= 0.3 is 0 Å². The van der Waals surface area contributed by atoms with Crippen LogP contribution in [0.4, 0.5) is 0 Å². The highest BCUT2D eigenvalue weighted by Gasteiger charge is 2.45. The molecule has 0 amide bonds. The first-order chi connectivity index (χ1) is 27.0. The largest absolute Gasteiger partial charge is 0.412 e. The smallest absolute Gasteiger partial charge is 0.200 e. The lowest BCUT2D eigenvalue weighted by Crippen LogP contribution is -2.47. The van der Waals surface area contributed by atoms with Crippen LogP contribution in [0, 0.1) is 0 Å². The van der Waals surface area contributed by atoms with Crippen molar-refractivity contribution in [1.29, 1.82) is 0 Å². The molecule has 4 aliphatic carbocycles. The summed E-state index contributed by atoms with van der Waals surface area (Å²) in [7, 11) is -8.70. The quantitative estimate of drug-likeness (QED) is 0.0916. The van der Waals surface area contributed by atoms with Crippen LogP contribution in [0.15, 0.2) is 152 Å². The van der Waals surface area contributed by atoms with E-state index in [-0.39, 0.29) is 0 Å². The predicted octanol–water partition coefficient (Wildman–Crippen LogP) is 10.5. The molecular formula is C50H56O3P2Si.